The van der Waals surface area contributed by atoms with Crippen molar-refractivity contribution in [2.75, 3.05) is 0 Å². The molecule has 17 heavy (non-hydrogen) atoms. The lowest BCUT2D eigenvalue weighted by Gasteiger charge is -2.21. The zero-order valence-corrected chi connectivity index (χ0v) is 10.3. The normalized spacial score (nSPS) is 17.0. The molecule has 1 aromatic heterocycles. The number of hydrogen-bond acceptors (Lipinski definition) is 2. The number of aromatic nitrogens is 1. The second-order valence-corrected chi connectivity index (χ2v) is 5.02. The first kappa shape index (κ1) is 12.1. The van der Waals surface area contributed by atoms with Crippen molar-refractivity contribution in [3.63, 3.8) is 0 Å². The van der Waals surface area contributed by atoms with Gasteiger partial charge in [0.05, 0.1) is 11.3 Å². The molecule has 1 fully saturated rings. The van der Waals surface area contributed by atoms with E-state index in [9.17, 15) is 9.90 Å². The fraction of sp³-hybridized carbons (Fsp3) is 0.571. The summed E-state index contributed by atoms with van der Waals surface area (Å²) >= 11 is 0. The number of carbonyl (C=O) groups is 1. The first-order valence-corrected chi connectivity index (χ1v) is 6.35. The molecule has 1 aliphatic rings. The topological polar surface area (TPSA) is 50.2 Å². The first-order chi connectivity index (χ1) is 8.16. The maximum Gasteiger partial charge on any atom is 0.337 e. The highest BCUT2D eigenvalue weighted by Gasteiger charge is 2.18. The van der Waals surface area contributed by atoms with Crippen LogP contribution in [0.5, 0.6) is 0 Å². The highest BCUT2D eigenvalue weighted by Crippen LogP contribution is 2.27. The largest absolute Gasteiger partial charge is 0.478 e. The molecule has 0 aromatic carbocycles. The molecule has 3 nitrogen and oxygen atoms in total. The fourth-order valence-corrected chi connectivity index (χ4v) is 2.61. The van der Waals surface area contributed by atoms with Crippen LogP contribution < -0.4 is 0 Å². The zero-order valence-electron chi connectivity index (χ0n) is 10.3. The number of aromatic carboxylic acids is 1. The van der Waals surface area contributed by atoms with E-state index >= 15 is 0 Å². The summed E-state index contributed by atoms with van der Waals surface area (Å²) in [4.78, 5) is 15.5. The van der Waals surface area contributed by atoms with Crippen LogP contribution in [-0.2, 0) is 6.42 Å². The quantitative estimate of drug-likeness (QED) is 0.872. The van der Waals surface area contributed by atoms with Crippen LogP contribution in [0.4, 0.5) is 0 Å². The lowest BCUT2D eigenvalue weighted by atomic mass is 9.85. The van der Waals surface area contributed by atoms with Gasteiger partial charge in [0.15, 0.2) is 0 Å². The van der Waals surface area contributed by atoms with E-state index in [-0.39, 0.29) is 0 Å². The molecule has 1 N–H and O–H groups in total. The molecule has 1 aliphatic carbocycles. The summed E-state index contributed by atoms with van der Waals surface area (Å²) in [7, 11) is 0. The van der Waals surface area contributed by atoms with E-state index in [2.05, 4.69) is 4.98 Å². The summed E-state index contributed by atoms with van der Waals surface area (Å²) < 4.78 is 0. The number of carboxylic acids is 1. The summed E-state index contributed by atoms with van der Waals surface area (Å²) in [5.41, 5.74) is 2.06. The molecule has 1 aromatic rings. The summed E-state index contributed by atoms with van der Waals surface area (Å²) in [5.74, 6) is -0.232. The number of hydrogen-bond donors (Lipinski definition) is 1. The van der Waals surface area contributed by atoms with Crippen molar-refractivity contribution in [1.29, 1.82) is 0 Å². The van der Waals surface area contributed by atoms with Gasteiger partial charge in [-0.3, -0.25) is 4.98 Å². The molecule has 3 heteroatoms. The van der Waals surface area contributed by atoms with E-state index in [0.717, 1.165) is 17.7 Å². The predicted molar refractivity (Wildman–Crippen MR) is 66.2 cm³/mol. The van der Waals surface area contributed by atoms with Gasteiger partial charge in [-0.1, -0.05) is 32.1 Å². The predicted octanol–water partition coefficient (Wildman–Crippen LogP) is 3.21. The minimum Gasteiger partial charge on any atom is -0.478 e. The van der Waals surface area contributed by atoms with Gasteiger partial charge in [0.2, 0.25) is 0 Å². The number of nitrogens with zero attached hydrogens (tertiary/aromatic N) is 1. The van der Waals surface area contributed by atoms with Crippen LogP contribution in [0.15, 0.2) is 12.3 Å². The van der Waals surface area contributed by atoms with Crippen LogP contribution in [0.2, 0.25) is 0 Å². The number of rotatable bonds is 3. The highest BCUT2D eigenvalue weighted by atomic mass is 16.4. The summed E-state index contributed by atoms with van der Waals surface area (Å²) in [5, 5.41) is 9.18. The molecule has 0 amide bonds. The molecule has 0 radical (unpaired) electrons. The first-order valence-electron chi connectivity index (χ1n) is 6.35. The minimum atomic E-state index is -0.855. The molecule has 92 valence electrons. The third-order valence-corrected chi connectivity index (χ3v) is 3.54. The van der Waals surface area contributed by atoms with Gasteiger partial charge in [0, 0.05) is 6.20 Å². The second kappa shape index (κ2) is 5.30. The van der Waals surface area contributed by atoms with Gasteiger partial charge in [-0.15, -0.1) is 0 Å². The molecule has 0 saturated heterocycles. The van der Waals surface area contributed by atoms with Crippen molar-refractivity contribution in [2.24, 2.45) is 5.92 Å². The van der Waals surface area contributed by atoms with E-state index in [1.165, 1.54) is 32.1 Å². The van der Waals surface area contributed by atoms with Crippen LogP contribution in [0.25, 0.3) is 0 Å². The average Bonchev–Trinajstić information content (AvgIpc) is 2.32. The van der Waals surface area contributed by atoms with Gasteiger partial charge in [-0.05, 0) is 30.9 Å². The van der Waals surface area contributed by atoms with Gasteiger partial charge >= 0.3 is 5.97 Å². The van der Waals surface area contributed by atoms with Crippen molar-refractivity contribution in [2.45, 2.75) is 45.4 Å². The van der Waals surface area contributed by atoms with Crippen LogP contribution in [-0.4, -0.2) is 16.1 Å². The van der Waals surface area contributed by atoms with Gasteiger partial charge in [0.25, 0.3) is 0 Å². The zero-order chi connectivity index (χ0) is 12.3. The van der Waals surface area contributed by atoms with E-state index in [4.69, 9.17) is 0 Å². The summed E-state index contributed by atoms with van der Waals surface area (Å²) in [6.45, 7) is 1.88. The van der Waals surface area contributed by atoms with Crippen molar-refractivity contribution in [1.82, 2.24) is 4.98 Å². The molecule has 1 heterocycles. The van der Waals surface area contributed by atoms with Gasteiger partial charge in [-0.25, -0.2) is 4.79 Å². The molecular weight excluding hydrogens is 214 g/mol. The molecule has 0 spiro atoms. The number of carboxylic acid groups (broad SMARTS) is 1. The third-order valence-electron chi connectivity index (χ3n) is 3.54. The minimum absolute atomic E-state index is 0.385. The van der Waals surface area contributed by atoms with Gasteiger partial charge < -0.3 is 5.11 Å². The summed E-state index contributed by atoms with van der Waals surface area (Å²) in [6.07, 6.45) is 8.90. The average molecular weight is 233 g/mol. The molecule has 2 rings (SSSR count). The SMILES string of the molecule is Cc1cnc(CC2CCCCC2)c(C(=O)O)c1. The van der Waals surface area contributed by atoms with Crippen LogP contribution in [0.1, 0.15) is 53.7 Å². The van der Waals surface area contributed by atoms with Crippen molar-refractivity contribution >= 4 is 5.97 Å². The standard InChI is InChI=1S/C14H19NO2/c1-10-7-12(14(16)17)13(15-9-10)8-11-5-3-2-4-6-11/h7,9,11H,2-6,8H2,1H3,(H,16,17). The second-order valence-electron chi connectivity index (χ2n) is 5.02. The van der Waals surface area contributed by atoms with Gasteiger partial charge in [-0.2, -0.15) is 0 Å². The Labute approximate surface area is 102 Å². The van der Waals surface area contributed by atoms with E-state index < -0.39 is 5.97 Å². The lowest BCUT2D eigenvalue weighted by molar-refractivity contribution is 0.0694. The van der Waals surface area contributed by atoms with Crippen LogP contribution in [0, 0.1) is 12.8 Å². The fourth-order valence-electron chi connectivity index (χ4n) is 2.61. The van der Waals surface area contributed by atoms with Crippen LogP contribution >= 0.6 is 0 Å². The Kier molecular flexibility index (Phi) is 3.77. The molecule has 0 bridgehead atoms. The number of aryl methyl sites for hydroxylation is 1. The molecule has 0 atom stereocenters. The Hall–Kier alpha value is -1.38. The maximum absolute atomic E-state index is 11.2. The molecule has 1 saturated carbocycles. The van der Waals surface area contributed by atoms with Crippen molar-refractivity contribution in [3.05, 3.63) is 29.1 Å². The molecular formula is C14H19NO2. The van der Waals surface area contributed by atoms with Crippen LogP contribution in [0.3, 0.4) is 0 Å². The lowest BCUT2D eigenvalue weighted by Crippen LogP contribution is -2.14. The Morgan fingerprint density at radius 2 is 2.12 bits per heavy atom. The van der Waals surface area contributed by atoms with E-state index in [0.29, 0.717) is 11.5 Å². The third kappa shape index (κ3) is 3.05. The highest BCUT2D eigenvalue weighted by molar-refractivity contribution is 5.89. The molecule has 0 unspecified atom stereocenters. The molecule has 0 aliphatic heterocycles. The summed E-state index contributed by atoms with van der Waals surface area (Å²) in [6, 6.07) is 1.73. The van der Waals surface area contributed by atoms with E-state index in [1.807, 2.05) is 6.92 Å². The van der Waals surface area contributed by atoms with Crippen molar-refractivity contribution in [3.8, 4) is 0 Å². The Bertz CT molecular complexity index is 409. The maximum atomic E-state index is 11.2. The Balaban J connectivity index is 2.16. The smallest absolute Gasteiger partial charge is 0.337 e. The number of pyridine rings is 1. The van der Waals surface area contributed by atoms with Gasteiger partial charge in [0.1, 0.15) is 0 Å². The monoisotopic (exact) mass is 233 g/mol. The Morgan fingerprint density at radius 1 is 1.41 bits per heavy atom. The van der Waals surface area contributed by atoms with E-state index in [1.54, 1.807) is 12.3 Å². The Morgan fingerprint density at radius 3 is 2.76 bits per heavy atom. The van der Waals surface area contributed by atoms with Crippen molar-refractivity contribution < 1.29 is 9.90 Å².